The zero-order chi connectivity index (χ0) is 9.16. The first-order chi connectivity index (χ1) is 6.18. The number of rotatable bonds is 0. The van der Waals surface area contributed by atoms with Crippen molar-refractivity contribution in [2.75, 3.05) is 0 Å². The fourth-order valence-corrected chi connectivity index (χ4v) is 5.55. The van der Waals surface area contributed by atoms with Crippen molar-refractivity contribution in [3.63, 3.8) is 0 Å². The van der Waals surface area contributed by atoms with E-state index in [-0.39, 0.29) is 0 Å². The van der Waals surface area contributed by atoms with Crippen LogP contribution in [0.4, 0.5) is 0 Å². The molecule has 0 aromatic rings. The van der Waals surface area contributed by atoms with Crippen molar-refractivity contribution in [3.05, 3.63) is 0 Å². The van der Waals surface area contributed by atoms with Gasteiger partial charge in [-0.3, -0.25) is 4.79 Å². The summed E-state index contributed by atoms with van der Waals surface area (Å²) >= 11 is 7.48. The topological polar surface area (TPSA) is 17.1 Å². The van der Waals surface area contributed by atoms with Gasteiger partial charge < -0.3 is 0 Å². The SMILES string of the molecule is O=C1C[C@@H]2C[C@H]1[C@H]1C[C@@H](Br)[C@@H](Br)[C@H]21. The van der Waals surface area contributed by atoms with Crippen LogP contribution in [0.2, 0.25) is 0 Å². The third kappa shape index (κ3) is 1.06. The predicted molar refractivity (Wildman–Crippen MR) is 58.2 cm³/mol. The van der Waals surface area contributed by atoms with Gasteiger partial charge in [-0.25, -0.2) is 0 Å². The van der Waals surface area contributed by atoms with Crippen molar-refractivity contribution in [1.29, 1.82) is 0 Å². The van der Waals surface area contributed by atoms with Gasteiger partial charge in [0.25, 0.3) is 0 Å². The second-order valence-corrected chi connectivity index (χ2v) is 6.94. The highest BCUT2D eigenvalue weighted by Crippen LogP contribution is 2.60. The number of hydrogen-bond donors (Lipinski definition) is 0. The number of hydrogen-bond acceptors (Lipinski definition) is 1. The van der Waals surface area contributed by atoms with E-state index in [1.807, 2.05) is 0 Å². The first kappa shape index (κ1) is 8.90. The number of fused-ring (bicyclic) bond motifs is 5. The van der Waals surface area contributed by atoms with Crippen LogP contribution in [0.5, 0.6) is 0 Å². The quantitative estimate of drug-likeness (QED) is 0.629. The third-order valence-corrected chi connectivity index (χ3v) is 7.10. The van der Waals surface area contributed by atoms with Crippen LogP contribution in [0.15, 0.2) is 0 Å². The molecular weight excluding hydrogens is 296 g/mol. The fraction of sp³-hybridized carbons (Fsp3) is 0.900. The van der Waals surface area contributed by atoms with Crippen LogP contribution in [0.3, 0.4) is 0 Å². The summed E-state index contributed by atoms with van der Waals surface area (Å²) in [6.45, 7) is 0. The van der Waals surface area contributed by atoms with Crippen molar-refractivity contribution < 1.29 is 4.79 Å². The van der Waals surface area contributed by atoms with E-state index in [9.17, 15) is 4.79 Å². The summed E-state index contributed by atoms with van der Waals surface area (Å²) in [4.78, 5) is 12.8. The highest BCUT2D eigenvalue weighted by Gasteiger charge is 2.58. The van der Waals surface area contributed by atoms with E-state index in [2.05, 4.69) is 31.9 Å². The van der Waals surface area contributed by atoms with E-state index in [1.54, 1.807) is 0 Å². The number of carbonyl (C=O) groups is 1. The van der Waals surface area contributed by atoms with Crippen LogP contribution in [-0.4, -0.2) is 15.4 Å². The van der Waals surface area contributed by atoms with Crippen LogP contribution in [0.1, 0.15) is 19.3 Å². The molecular formula is C10H12Br2O. The van der Waals surface area contributed by atoms with Gasteiger partial charge in [-0.2, -0.15) is 0 Å². The molecule has 0 radical (unpaired) electrons. The molecule has 0 unspecified atom stereocenters. The summed E-state index contributed by atoms with van der Waals surface area (Å²) < 4.78 is 0. The Kier molecular flexibility index (Phi) is 1.93. The summed E-state index contributed by atoms with van der Waals surface area (Å²) in [5, 5.41) is 0. The first-order valence-corrected chi connectivity index (χ1v) is 6.82. The molecule has 3 heteroatoms. The minimum Gasteiger partial charge on any atom is -0.299 e. The number of carbonyl (C=O) groups excluding carboxylic acids is 1. The molecule has 13 heavy (non-hydrogen) atoms. The smallest absolute Gasteiger partial charge is 0.136 e. The van der Waals surface area contributed by atoms with Crippen molar-refractivity contribution in [2.24, 2.45) is 23.7 Å². The maximum atomic E-state index is 11.6. The predicted octanol–water partition coefficient (Wildman–Crippen LogP) is 2.76. The minimum absolute atomic E-state index is 0.428. The Balaban J connectivity index is 1.93. The fourth-order valence-electron chi connectivity index (χ4n) is 3.72. The average Bonchev–Trinajstić information content (AvgIpc) is 2.65. The molecule has 6 atom stereocenters. The van der Waals surface area contributed by atoms with Crippen molar-refractivity contribution in [2.45, 2.75) is 28.9 Å². The van der Waals surface area contributed by atoms with Crippen LogP contribution in [0, 0.1) is 23.7 Å². The zero-order valence-electron chi connectivity index (χ0n) is 7.25. The molecule has 0 heterocycles. The summed E-state index contributed by atoms with van der Waals surface area (Å²) in [5.41, 5.74) is 0. The maximum absolute atomic E-state index is 11.6. The van der Waals surface area contributed by atoms with Crippen LogP contribution < -0.4 is 0 Å². The molecule has 0 N–H and O–H groups in total. The molecule has 0 aromatic heterocycles. The van der Waals surface area contributed by atoms with E-state index < -0.39 is 0 Å². The lowest BCUT2D eigenvalue weighted by Crippen LogP contribution is -2.27. The van der Waals surface area contributed by atoms with Gasteiger partial charge >= 0.3 is 0 Å². The molecule has 0 spiro atoms. The molecule has 3 aliphatic carbocycles. The third-order valence-electron chi connectivity index (χ3n) is 4.20. The van der Waals surface area contributed by atoms with Gasteiger partial charge in [0, 0.05) is 22.0 Å². The van der Waals surface area contributed by atoms with E-state index in [4.69, 9.17) is 0 Å². The van der Waals surface area contributed by atoms with Gasteiger partial charge in [-0.15, -0.1) is 0 Å². The van der Waals surface area contributed by atoms with Crippen molar-refractivity contribution in [1.82, 2.24) is 0 Å². The molecule has 0 aromatic carbocycles. The molecule has 0 saturated heterocycles. The lowest BCUT2D eigenvalue weighted by molar-refractivity contribution is -0.123. The van der Waals surface area contributed by atoms with Gasteiger partial charge in [-0.1, -0.05) is 31.9 Å². The summed E-state index contributed by atoms with van der Waals surface area (Å²) in [5.74, 6) is 3.16. The lowest BCUT2D eigenvalue weighted by atomic mass is 9.81. The Labute approximate surface area is 94.9 Å². The Morgan fingerprint density at radius 1 is 1.23 bits per heavy atom. The number of ketones is 1. The Bertz CT molecular complexity index is 266. The normalized spacial score (nSPS) is 58.8. The van der Waals surface area contributed by atoms with Gasteiger partial charge in [0.1, 0.15) is 5.78 Å². The van der Waals surface area contributed by atoms with Gasteiger partial charge in [0.15, 0.2) is 0 Å². The summed E-state index contributed by atoms with van der Waals surface area (Å²) in [7, 11) is 0. The monoisotopic (exact) mass is 306 g/mol. The molecule has 72 valence electrons. The van der Waals surface area contributed by atoms with Crippen molar-refractivity contribution >= 4 is 37.6 Å². The lowest BCUT2D eigenvalue weighted by Gasteiger charge is -2.25. The Morgan fingerprint density at radius 2 is 2.00 bits per heavy atom. The highest BCUT2D eigenvalue weighted by atomic mass is 79.9. The molecule has 1 nitrogen and oxygen atoms in total. The van der Waals surface area contributed by atoms with Crippen LogP contribution in [0.25, 0.3) is 0 Å². The van der Waals surface area contributed by atoms with E-state index in [0.29, 0.717) is 33.2 Å². The minimum atomic E-state index is 0.428. The van der Waals surface area contributed by atoms with Crippen LogP contribution in [-0.2, 0) is 4.79 Å². The number of halogens is 2. The number of alkyl halides is 2. The molecule has 0 amide bonds. The molecule has 2 bridgehead atoms. The molecule has 3 saturated carbocycles. The second kappa shape index (κ2) is 2.82. The molecule has 3 fully saturated rings. The van der Waals surface area contributed by atoms with Gasteiger partial charge in [-0.05, 0) is 30.6 Å². The van der Waals surface area contributed by atoms with Gasteiger partial charge in [0.05, 0.1) is 0 Å². The van der Waals surface area contributed by atoms with E-state index >= 15 is 0 Å². The second-order valence-electron chi connectivity index (χ2n) is 4.71. The Hall–Kier alpha value is 0.630. The molecule has 3 aliphatic rings. The maximum Gasteiger partial charge on any atom is 0.136 e. The van der Waals surface area contributed by atoms with Crippen LogP contribution >= 0.6 is 31.9 Å². The average molecular weight is 308 g/mol. The first-order valence-electron chi connectivity index (χ1n) is 4.99. The van der Waals surface area contributed by atoms with Crippen molar-refractivity contribution in [3.8, 4) is 0 Å². The summed E-state index contributed by atoms with van der Waals surface area (Å²) in [6.07, 6.45) is 3.26. The molecule has 0 aliphatic heterocycles. The summed E-state index contributed by atoms with van der Waals surface area (Å²) in [6, 6.07) is 0. The van der Waals surface area contributed by atoms with E-state index in [1.165, 1.54) is 12.8 Å². The number of Topliss-reactive ketones (excluding diaryl/α,β-unsaturated/α-hetero) is 1. The largest absolute Gasteiger partial charge is 0.299 e. The van der Waals surface area contributed by atoms with E-state index in [0.717, 1.165) is 12.3 Å². The zero-order valence-corrected chi connectivity index (χ0v) is 10.4. The standard InChI is InChI=1S/C10H12Br2O/c11-7-3-6-5-1-4(2-8(5)13)9(6)10(7)12/h4-7,9-10H,1-3H2/t4-,5-,6+,7+,9+,10+/m0/s1. The molecule has 3 rings (SSSR count). The van der Waals surface area contributed by atoms with Gasteiger partial charge in [0.2, 0.25) is 0 Å². The Morgan fingerprint density at radius 3 is 2.77 bits per heavy atom. The highest BCUT2D eigenvalue weighted by molar-refractivity contribution is 9.12.